The van der Waals surface area contributed by atoms with Gasteiger partial charge in [-0.15, -0.1) is 0 Å². The molecule has 2 aromatic rings. The first kappa shape index (κ1) is 17.5. The normalized spacial score (nSPS) is 11.8. The summed E-state index contributed by atoms with van der Waals surface area (Å²) in [5.41, 5.74) is 0.789. The van der Waals surface area contributed by atoms with E-state index in [0.717, 1.165) is 5.56 Å². The van der Waals surface area contributed by atoms with Crippen LogP contribution in [0.15, 0.2) is 36.5 Å². The third kappa shape index (κ3) is 5.08. The number of aromatic nitrogens is 1. The Morgan fingerprint density at radius 2 is 2.04 bits per heavy atom. The second-order valence-electron chi connectivity index (χ2n) is 4.80. The number of pyridine rings is 1. The average molecular weight is 357 g/mol. The summed E-state index contributed by atoms with van der Waals surface area (Å²) in [6.07, 6.45) is 1.10. The number of nitrogens with one attached hydrogen (secondary N) is 1. The van der Waals surface area contributed by atoms with Gasteiger partial charge in [0.1, 0.15) is 10.8 Å². The third-order valence-electron chi connectivity index (χ3n) is 3.07. The van der Waals surface area contributed by atoms with E-state index in [-0.39, 0.29) is 29.2 Å². The number of hydrogen-bond donors (Lipinski definition) is 1. The minimum absolute atomic E-state index is 0.153. The highest BCUT2D eigenvalue weighted by atomic mass is 35.5. The molecule has 1 aromatic carbocycles. The van der Waals surface area contributed by atoms with E-state index in [1.54, 1.807) is 12.1 Å². The molecule has 0 radical (unpaired) electrons. The third-order valence-corrected chi connectivity index (χ3v) is 3.55. The van der Waals surface area contributed by atoms with Crippen LogP contribution in [0, 0.1) is 5.82 Å². The summed E-state index contributed by atoms with van der Waals surface area (Å²) in [6.45, 7) is 2.09. The van der Waals surface area contributed by atoms with Crippen LogP contribution >= 0.6 is 23.2 Å². The summed E-state index contributed by atoms with van der Waals surface area (Å²) < 4.78 is 18.4. The highest BCUT2D eigenvalue weighted by Crippen LogP contribution is 2.25. The molecule has 7 heteroatoms. The number of carbonyl (C=O) groups excluding carboxylic acids is 1. The van der Waals surface area contributed by atoms with E-state index >= 15 is 0 Å². The quantitative estimate of drug-likeness (QED) is 0.850. The van der Waals surface area contributed by atoms with Crippen molar-refractivity contribution in [1.29, 1.82) is 0 Å². The molecule has 0 aliphatic heterocycles. The first-order valence-electron chi connectivity index (χ1n) is 6.99. The van der Waals surface area contributed by atoms with E-state index in [0.29, 0.717) is 11.4 Å². The van der Waals surface area contributed by atoms with Gasteiger partial charge in [0.05, 0.1) is 5.02 Å². The Morgan fingerprint density at radius 1 is 1.35 bits per heavy atom. The fourth-order valence-electron chi connectivity index (χ4n) is 1.85. The SMILES string of the molecule is CCC(Oc1ncc(Cl)cc1Cl)C(=O)NCc1ccc(F)cc1. The number of benzene rings is 1. The monoisotopic (exact) mass is 356 g/mol. The zero-order chi connectivity index (χ0) is 16.8. The minimum Gasteiger partial charge on any atom is -0.463 e. The molecule has 1 amide bonds. The van der Waals surface area contributed by atoms with Crippen molar-refractivity contribution in [2.45, 2.75) is 26.0 Å². The average Bonchev–Trinajstić information content (AvgIpc) is 2.53. The Hall–Kier alpha value is -1.85. The summed E-state index contributed by atoms with van der Waals surface area (Å²) in [4.78, 5) is 16.2. The van der Waals surface area contributed by atoms with E-state index in [2.05, 4.69) is 10.3 Å². The van der Waals surface area contributed by atoms with Crippen molar-refractivity contribution in [1.82, 2.24) is 10.3 Å². The number of halogens is 3. The summed E-state index contributed by atoms with van der Waals surface area (Å²) in [7, 11) is 0. The Kier molecular flexibility index (Phi) is 6.19. The van der Waals surface area contributed by atoms with Crippen LogP contribution in [0.2, 0.25) is 10.0 Å². The van der Waals surface area contributed by atoms with Crippen LogP contribution in [0.25, 0.3) is 0 Å². The van der Waals surface area contributed by atoms with E-state index < -0.39 is 6.10 Å². The first-order valence-corrected chi connectivity index (χ1v) is 7.75. The Morgan fingerprint density at radius 3 is 2.65 bits per heavy atom. The molecule has 0 aliphatic rings. The lowest BCUT2D eigenvalue weighted by molar-refractivity contribution is -0.128. The summed E-state index contributed by atoms with van der Waals surface area (Å²) in [5.74, 6) is -0.470. The molecule has 4 nitrogen and oxygen atoms in total. The molecule has 122 valence electrons. The molecule has 0 spiro atoms. The van der Waals surface area contributed by atoms with Gasteiger partial charge in [0.25, 0.3) is 5.91 Å². The Bertz CT molecular complexity index is 680. The van der Waals surface area contributed by atoms with Crippen LogP contribution in [0.5, 0.6) is 5.88 Å². The Balaban J connectivity index is 1.96. The van der Waals surface area contributed by atoms with Gasteiger partial charge in [0.15, 0.2) is 6.10 Å². The predicted octanol–water partition coefficient (Wildman–Crippen LogP) is 4.00. The van der Waals surface area contributed by atoms with Crippen LogP contribution < -0.4 is 10.1 Å². The molecule has 2 rings (SSSR count). The van der Waals surface area contributed by atoms with Gasteiger partial charge in [-0.3, -0.25) is 4.79 Å². The van der Waals surface area contributed by atoms with Crippen molar-refractivity contribution in [3.63, 3.8) is 0 Å². The lowest BCUT2D eigenvalue weighted by Gasteiger charge is -2.17. The molecule has 0 fully saturated rings. The first-order chi connectivity index (χ1) is 11.0. The number of hydrogen-bond acceptors (Lipinski definition) is 3. The Labute approximate surface area is 143 Å². The van der Waals surface area contributed by atoms with E-state index in [4.69, 9.17) is 27.9 Å². The molecule has 0 bridgehead atoms. The van der Waals surface area contributed by atoms with Gasteiger partial charge in [-0.2, -0.15) is 0 Å². The van der Waals surface area contributed by atoms with Crippen molar-refractivity contribution in [3.05, 3.63) is 58.0 Å². The topological polar surface area (TPSA) is 51.2 Å². The van der Waals surface area contributed by atoms with Crippen LogP contribution in [0.4, 0.5) is 4.39 Å². The number of carbonyl (C=O) groups is 1. The van der Waals surface area contributed by atoms with Gasteiger partial charge in [-0.25, -0.2) is 9.37 Å². The fraction of sp³-hybridized carbons (Fsp3) is 0.250. The molecule has 1 heterocycles. The van der Waals surface area contributed by atoms with Crippen molar-refractivity contribution < 1.29 is 13.9 Å². The van der Waals surface area contributed by atoms with Gasteiger partial charge >= 0.3 is 0 Å². The van der Waals surface area contributed by atoms with Crippen LogP contribution in [0.3, 0.4) is 0 Å². The molecule has 1 atom stereocenters. The maximum absolute atomic E-state index is 12.8. The molecular formula is C16H15Cl2FN2O2. The molecule has 1 aromatic heterocycles. The van der Waals surface area contributed by atoms with Crippen LogP contribution in [-0.4, -0.2) is 17.0 Å². The van der Waals surface area contributed by atoms with Gasteiger partial charge in [0, 0.05) is 12.7 Å². The summed E-state index contributed by atoms with van der Waals surface area (Å²) >= 11 is 11.8. The van der Waals surface area contributed by atoms with Gasteiger partial charge < -0.3 is 10.1 Å². The van der Waals surface area contributed by atoms with Gasteiger partial charge in [0.2, 0.25) is 5.88 Å². The second-order valence-corrected chi connectivity index (χ2v) is 5.64. The largest absolute Gasteiger partial charge is 0.463 e. The van der Waals surface area contributed by atoms with Crippen molar-refractivity contribution in [2.75, 3.05) is 0 Å². The lowest BCUT2D eigenvalue weighted by atomic mass is 10.2. The van der Waals surface area contributed by atoms with E-state index in [1.165, 1.54) is 24.4 Å². The van der Waals surface area contributed by atoms with Gasteiger partial charge in [-0.1, -0.05) is 42.3 Å². The molecule has 0 saturated carbocycles. The van der Waals surface area contributed by atoms with Crippen molar-refractivity contribution in [2.24, 2.45) is 0 Å². The second kappa shape index (κ2) is 8.13. The summed E-state index contributed by atoms with van der Waals surface area (Å²) in [6, 6.07) is 7.39. The highest BCUT2D eigenvalue weighted by Gasteiger charge is 2.20. The highest BCUT2D eigenvalue weighted by molar-refractivity contribution is 6.35. The lowest BCUT2D eigenvalue weighted by Crippen LogP contribution is -2.37. The maximum atomic E-state index is 12.8. The smallest absolute Gasteiger partial charge is 0.261 e. The predicted molar refractivity (Wildman–Crippen MR) is 87.2 cm³/mol. The maximum Gasteiger partial charge on any atom is 0.261 e. The zero-order valence-corrected chi connectivity index (χ0v) is 13.9. The molecular weight excluding hydrogens is 342 g/mol. The molecule has 0 aliphatic carbocycles. The fourth-order valence-corrected chi connectivity index (χ4v) is 2.28. The minimum atomic E-state index is -0.735. The molecule has 1 N–H and O–H groups in total. The zero-order valence-electron chi connectivity index (χ0n) is 12.4. The number of nitrogens with zero attached hydrogens (tertiary/aromatic N) is 1. The van der Waals surface area contributed by atoms with Crippen molar-refractivity contribution >= 4 is 29.1 Å². The van der Waals surface area contributed by atoms with Crippen LogP contribution in [-0.2, 0) is 11.3 Å². The van der Waals surface area contributed by atoms with E-state index in [9.17, 15) is 9.18 Å². The van der Waals surface area contributed by atoms with E-state index in [1.807, 2.05) is 6.92 Å². The molecule has 0 saturated heterocycles. The number of ether oxygens (including phenoxy) is 1. The molecule has 23 heavy (non-hydrogen) atoms. The van der Waals surface area contributed by atoms with Crippen LogP contribution in [0.1, 0.15) is 18.9 Å². The summed E-state index contributed by atoms with van der Waals surface area (Å²) in [5, 5.41) is 3.36. The van der Waals surface area contributed by atoms with Gasteiger partial charge in [-0.05, 0) is 30.2 Å². The molecule has 1 unspecified atom stereocenters. The number of amides is 1. The van der Waals surface area contributed by atoms with Crippen molar-refractivity contribution in [3.8, 4) is 5.88 Å². The standard InChI is InChI=1S/C16H15Cl2FN2O2/c1-2-14(23-16-13(18)7-11(17)9-21-16)15(22)20-8-10-3-5-12(19)6-4-10/h3-7,9,14H,2,8H2,1H3,(H,20,22). The number of rotatable bonds is 6.